The minimum absolute atomic E-state index is 0.136. The van der Waals surface area contributed by atoms with Gasteiger partial charge in [0.25, 0.3) is 0 Å². The lowest BCUT2D eigenvalue weighted by molar-refractivity contribution is -0.131. The standard InChI is InChI=1S/C27H26N4O2/c32-25(31-19-17-30(18-20-31)23-13-7-8-16-28-23)15-14-24-29-26(21-9-3-1-4-10-21)27(33-24)22-11-5-2-6-12-22/h1-13,16H,14-15,17-20H2. The van der Waals surface area contributed by atoms with Crippen LogP contribution in [0.25, 0.3) is 22.6 Å². The maximum atomic E-state index is 12.9. The third kappa shape index (κ3) is 4.80. The average Bonchev–Trinajstić information content (AvgIpc) is 3.33. The smallest absolute Gasteiger partial charge is 0.223 e. The van der Waals surface area contributed by atoms with E-state index in [1.165, 1.54) is 0 Å². The molecule has 3 heterocycles. The van der Waals surface area contributed by atoms with Crippen molar-refractivity contribution in [1.82, 2.24) is 14.9 Å². The number of anilines is 1. The van der Waals surface area contributed by atoms with Crippen LogP contribution in [0.3, 0.4) is 0 Å². The first-order chi connectivity index (χ1) is 16.3. The second-order valence-corrected chi connectivity index (χ2v) is 8.07. The molecule has 1 aliphatic rings. The molecule has 0 spiro atoms. The van der Waals surface area contributed by atoms with Crippen molar-refractivity contribution in [2.75, 3.05) is 31.1 Å². The molecule has 1 aliphatic heterocycles. The molecule has 33 heavy (non-hydrogen) atoms. The summed E-state index contributed by atoms with van der Waals surface area (Å²) in [4.78, 5) is 26.2. The molecule has 1 saturated heterocycles. The molecule has 4 aromatic rings. The van der Waals surface area contributed by atoms with Crippen LogP contribution in [-0.4, -0.2) is 47.0 Å². The molecule has 0 N–H and O–H groups in total. The summed E-state index contributed by atoms with van der Waals surface area (Å²) in [6.07, 6.45) is 2.66. The summed E-state index contributed by atoms with van der Waals surface area (Å²) in [5.74, 6) is 2.43. The maximum absolute atomic E-state index is 12.9. The Kier molecular flexibility index (Phi) is 6.15. The highest BCUT2D eigenvalue weighted by atomic mass is 16.4. The van der Waals surface area contributed by atoms with Gasteiger partial charge in [0.05, 0.1) is 0 Å². The van der Waals surface area contributed by atoms with Crippen LogP contribution in [0.4, 0.5) is 5.82 Å². The van der Waals surface area contributed by atoms with Crippen LogP contribution in [0.15, 0.2) is 89.5 Å². The zero-order chi connectivity index (χ0) is 22.5. The molecule has 2 aromatic carbocycles. The molecule has 0 radical (unpaired) electrons. The van der Waals surface area contributed by atoms with E-state index < -0.39 is 0 Å². The highest BCUT2D eigenvalue weighted by Gasteiger charge is 2.23. The predicted octanol–water partition coefficient (Wildman–Crippen LogP) is 4.69. The molecule has 166 valence electrons. The number of nitrogens with zero attached hydrogens (tertiary/aromatic N) is 4. The van der Waals surface area contributed by atoms with Crippen LogP contribution in [0.5, 0.6) is 0 Å². The van der Waals surface area contributed by atoms with Gasteiger partial charge in [0.1, 0.15) is 11.5 Å². The quantitative estimate of drug-likeness (QED) is 0.437. The van der Waals surface area contributed by atoms with Crippen molar-refractivity contribution < 1.29 is 9.21 Å². The lowest BCUT2D eigenvalue weighted by Crippen LogP contribution is -2.49. The van der Waals surface area contributed by atoms with Gasteiger partial charge in [0, 0.05) is 56.3 Å². The SMILES string of the molecule is O=C(CCc1nc(-c2ccccc2)c(-c2ccccc2)o1)N1CCN(c2ccccn2)CC1. The van der Waals surface area contributed by atoms with Crippen molar-refractivity contribution in [3.05, 3.63) is 91.0 Å². The van der Waals surface area contributed by atoms with Crippen LogP contribution < -0.4 is 4.90 Å². The summed E-state index contributed by atoms with van der Waals surface area (Å²) < 4.78 is 6.17. The predicted molar refractivity (Wildman–Crippen MR) is 129 cm³/mol. The number of hydrogen-bond donors (Lipinski definition) is 0. The van der Waals surface area contributed by atoms with E-state index in [1.807, 2.05) is 83.8 Å². The molecule has 0 atom stereocenters. The molecule has 2 aromatic heterocycles. The average molecular weight is 439 g/mol. The fourth-order valence-corrected chi connectivity index (χ4v) is 4.15. The van der Waals surface area contributed by atoms with Gasteiger partial charge >= 0.3 is 0 Å². The zero-order valence-electron chi connectivity index (χ0n) is 18.4. The van der Waals surface area contributed by atoms with Gasteiger partial charge in [-0.1, -0.05) is 66.7 Å². The van der Waals surface area contributed by atoms with Crippen LogP contribution in [0.2, 0.25) is 0 Å². The number of benzene rings is 2. The normalized spacial score (nSPS) is 13.8. The van der Waals surface area contributed by atoms with Crippen molar-refractivity contribution in [2.45, 2.75) is 12.8 Å². The summed E-state index contributed by atoms with van der Waals surface area (Å²) in [5, 5.41) is 0. The minimum Gasteiger partial charge on any atom is -0.440 e. The number of hydrogen-bond acceptors (Lipinski definition) is 5. The number of rotatable bonds is 6. The number of aryl methyl sites for hydroxylation is 1. The fourth-order valence-electron chi connectivity index (χ4n) is 4.15. The van der Waals surface area contributed by atoms with E-state index in [9.17, 15) is 4.79 Å². The number of pyridine rings is 1. The van der Waals surface area contributed by atoms with E-state index in [0.29, 0.717) is 31.8 Å². The van der Waals surface area contributed by atoms with Gasteiger partial charge in [0.2, 0.25) is 5.91 Å². The third-order valence-corrected chi connectivity index (χ3v) is 5.91. The van der Waals surface area contributed by atoms with Crippen LogP contribution in [0, 0.1) is 0 Å². The number of oxazole rings is 1. The van der Waals surface area contributed by atoms with Crippen LogP contribution in [-0.2, 0) is 11.2 Å². The Hall–Kier alpha value is -3.93. The number of carbonyl (C=O) groups excluding carboxylic acids is 1. The van der Waals surface area contributed by atoms with Crippen molar-refractivity contribution in [1.29, 1.82) is 0 Å². The second kappa shape index (κ2) is 9.69. The monoisotopic (exact) mass is 438 g/mol. The number of piperazine rings is 1. The first-order valence-electron chi connectivity index (χ1n) is 11.3. The Morgan fingerprint density at radius 3 is 2.15 bits per heavy atom. The Balaban J connectivity index is 1.25. The van der Waals surface area contributed by atoms with Crippen LogP contribution in [0.1, 0.15) is 12.3 Å². The van der Waals surface area contributed by atoms with E-state index in [4.69, 9.17) is 9.40 Å². The largest absolute Gasteiger partial charge is 0.440 e. The van der Waals surface area contributed by atoms with Gasteiger partial charge in [-0.3, -0.25) is 4.79 Å². The van der Waals surface area contributed by atoms with Gasteiger partial charge < -0.3 is 14.2 Å². The molecular weight excluding hydrogens is 412 g/mol. The molecule has 1 fully saturated rings. The van der Waals surface area contributed by atoms with Crippen molar-refractivity contribution in [2.24, 2.45) is 0 Å². The summed E-state index contributed by atoms with van der Waals surface area (Å²) in [6, 6.07) is 25.9. The molecule has 0 aliphatic carbocycles. The Morgan fingerprint density at radius 2 is 1.48 bits per heavy atom. The molecular formula is C27H26N4O2. The van der Waals surface area contributed by atoms with E-state index >= 15 is 0 Å². The van der Waals surface area contributed by atoms with Crippen molar-refractivity contribution in [3.8, 4) is 22.6 Å². The van der Waals surface area contributed by atoms with Crippen LogP contribution >= 0.6 is 0 Å². The summed E-state index contributed by atoms with van der Waals surface area (Å²) >= 11 is 0. The summed E-state index contributed by atoms with van der Waals surface area (Å²) in [5.41, 5.74) is 2.80. The van der Waals surface area contributed by atoms with Gasteiger partial charge in [-0.25, -0.2) is 9.97 Å². The van der Waals surface area contributed by atoms with E-state index in [-0.39, 0.29) is 5.91 Å². The Bertz CT molecular complexity index is 1130. The summed E-state index contributed by atoms with van der Waals surface area (Å²) in [6.45, 7) is 2.98. The number of aromatic nitrogens is 2. The molecule has 0 saturated carbocycles. The zero-order valence-corrected chi connectivity index (χ0v) is 18.4. The Morgan fingerprint density at radius 1 is 0.818 bits per heavy atom. The second-order valence-electron chi connectivity index (χ2n) is 8.07. The lowest BCUT2D eigenvalue weighted by atomic mass is 10.1. The maximum Gasteiger partial charge on any atom is 0.223 e. The Labute approximate surface area is 193 Å². The minimum atomic E-state index is 0.136. The first kappa shape index (κ1) is 20.9. The fraction of sp³-hybridized carbons (Fsp3) is 0.222. The molecule has 5 rings (SSSR count). The highest BCUT2D eigenvalue weighted by Crippen LogP contribution is 2.32. The van der Waals surface area contributed by atoms with Gasteiger partial charge in [-0.15, -0.1) is 0 Å². The van der Waals surface area contributed by atoms with E-state index in [0.717, 1.165) is 41.5 Å². The highest BCUT2D eigenvalue weighted by molar-refractivity contribution is 5.78. The summed E-state index contributed by atoms with van der Waals surface area (Å²) in [7, 11) is 0. The van der Waals surface area contributed by atoms with Gasteiger partial charge in [0.15, 0.2) is 11.7 Å². The molecule has 0 unspecified atom stereocenters. The third-order valence-electron chi connectivity index (χ3n) is 5.91. The first-order valence-corrected chi connectivity index (χ1v) is 11.3. The lowest BCUT2D eigenvalue weighted by Gasteiger charge is -2.35. The molecule has 1 amide bonds. The van der Waals surface area contributed by atoms with Gasteiger partial charge in [-0.2, -0.15) is 0 Å². The van der Waals surface area contributed by atoms with E-state index in [1.54, 1.807) is 6.20 Å². The van der Waals surface area contributed by atoms with Crippen molar-refractivity contribution >= 4 is 11.7 Å². The molecule has 6 heteroatoms. The topological polar surface area (TPSA) is 62.5 Å². The number of carbonyl (C=O) groups is 1. The molecule has 0 bridgehead atoms. The van der Waals surface area contributed by atoms with Crippen molar-refractivity contribution in [3.63, 3.8) is 0 Å². The molecule has 6 nitrogen and oxygen atoms in total. The van der Waals surface area contributed by atoms with Gasteiger partial charge in [-0.05, 0) is 12.1 Å². The number of amides is 1. The van der Waals surface area contributed by atoms with E-state index in [2.05, 4.69) is 9.88 Å².